The summed E-state index contributed by atoms with van der Waals surface area (Å²) >= 11 is 0. The molecule has 0 aliphatic heterocycles. The van der Waals surface area contributed by atoms with E-state index in [1.807, 2.05) is 18.2 Å². The third-order valence-electron chi connectivity index (χ3n) is 3.68. The predicted molar refractivity (Wildman–Crippen MR) is 108 cm³/mol. The van der Waals surface area contributed by atoms with Crippen LogP contribution in [0.5, 0.6) is 0 Å². The van der Waals surface area contributed by atoms with Crippen LogP contribution in [0.15, 0.2) is 60.8 Å². The summed E-state index contributed by atoms with van der Waals surface area (Å²) in [4.78, 5) is 10.4. The molecule has 0 saturated carbocycles. The molecule has 0 fully saturated rings. The fourth-order valence-electron chi connectivity index (χ4n) is 2.11. The highest BCUT2D eigenvalue weighted by atomic mass is 16.4. The number of allylic oxidation sites excluding steroid dienone is 9. The average Bonchev–Trinajstić information content (AvgIpc) is 2.62. The number of rotatable bonds is 15. The standard InChI is InChI=1S/C22H34O4/c1-2-3-4-5-6-7-8-9-10-11-12-13-14-15-16-17-20(23)21(24)18-19-22(25)26/h6-7,9-10,12-17,20-21,23-24H,2-5,8,11,18-19H2,1H3,(H,25,26)/b7-6-,10-9-,13-12-,15-14+,17-16+. The van der Waals surface area contributed by atoms with Crippen LogP contribution in [0.25, 0.3) is 0 Å². The third-order valence-corrected chi connectivity index (χ3v) is 3.68. The zero-order valence-electron chi connectivity index (χ0n) is 15.8. The van der Waals surface area contributed by atoms with Crippen LogP contribution in [0.1, 0.15) is 58.3 Å². The molecule has 0 saturated heterocycles. The minimum Gasteiger partial charge on any atom is -0.481 e. The van der Waals surface area contributed by atoms with Crippen LogP contribution in [0, 0.1) is 0 Å². The van der Waals surface area contributed by atoms with E-state index in [0.717, 1.165) is 12.8 Å². The molecule has 0 aliphatic carbocycles. The molecule has 2 unspecified atom stereocenters. The fourth-order valence-corrected chi connectivity index (χ4v) is 2.11. The van der Waals surface area contributed by atoms with Gasteiger partial charge in [0.05, 0.1) is 12.2 Å². The van der Waals surface area contributed by atoms with Gasteiger partial charge in [-0.15, -0.1) is 0 Å². The number of unbranched alkanes of at least 4 members (excludes halogenated alkanes) is 3. The Morgan fingerprint density at radius 2 is 1.54 bits per heavy atom. The van der Waals surface area contributed by atoms with Gasteiger partial charge in [-0.25, -0.2) is 0 Å². The molecule has 4 heteroatoms. The highest BCUT2D eigenvalue weighted by Gasteiger charge is 2.13. The maximum atomic E-state index is 10.4. The Kier molecular flexibility index (Phi) is 16.6. The molecule has 0 spiro atoms. The molecule has 0 heterocycles. The summed E-state index contributed by atoms with van der Waals surface area (Å²) in [5.74, 6) is -0.984. The topological polar surface area (TPSA) is 77.8 Å². The van der Waals surface area contributed by atoms with E-state index < -0.39 is 18.2 Å². The smallest absolute Gasteiger partial charge is 0.303 e. The second-order valence-electron chi connectivity index (χ2n) is 6.10. The van der Waals surface area contributed by atoms with Crippen molar-refractivity contribution in [2.24, 2.45) is 0 Å². The molecule has 0 aromatic rings. The van der Waals surface area contributed by atoms with E-state index in [4.69, 9.17) is 5.11 Å². The number of carboxylic acids is 1. The van der Waals surface area contributed by atoms with Gasteiger partial charge in [0.25, 0.3) is 0 Å². The first-order chi connectivity index (χ1) is 12.6. The van der Waals surface area contributed by atoms with Crippen LogP contribution in [0.2, 0.25) is 0 Å². The van der Waals surface area contributed by atoms with Crippen molar-refractivity contribution in [1.82, 2.24) is 0 Å². The Hall–Kier alpha value is -1.91. The zero-order valence-corrected chi connectivity index (χ0v) is 15.8. The molecule has 4 nitrogen and oxygen atoms in total. The lowest BCUT2D eigenvalue weighted by molar-refractivity contribution is -0.137. The molecule has 146 valence electrons. The molecular formula is C22H34O4. The summed E-state index contributed by atoms with van der Waals surface area (Å²) in [7, 11) is 0. The van der Waals surface area contributed by atoms with Crippen molar-refractivity contribution in [2.45, 2.75) is 70.5 Å². The van der Waals surface area contributed by atoms with Gasteiger partial charge in [-0.05, 0) is 32.1 Å². The molecule has 0 radical (unpaired) electrons. The summed E-state index contributed by atoms with van der Waals surface area (Å²) < 4.78 is 0. The van der Waals surface area contributed by atoms with Gasteiger partial charge >= 0.3 is 5.97 Å². The largest absolute Gasteiger partial charge is 0.481 e. The molecule has 26 heavy (non-hydrogen) atoms. The van der Waals surface area contributed by atoms with Gasteiger partial charge < -0.3 is 15.3 Å². The lowest BCUT2D eigenvalue weighted by Gasteiger charge is -2.12. The quantitative estimate of drug-likeness (QED) is 0.224. The first-order valence-corrected chi connectivity index (χ1v) is 9.45. The number of aliphatic hydroxyl groups is 2. The number of aliphatic carboxylic acids is 1. The third kappa shape index (κ3) is 16.9. The van der Waals surface area contributed by atoms with E-state index in [0.29, 0.717) is 0 Å². The first-order valence-electron chi connectivity index (χ1n) is 9.45. The van der Waals surface area contributed by atoms with Crippen LogP contribution < -0.4 is 0 Å². The lowest BCUT2D eigenvalue weighted by Crippen LogP contribution is -2.24. The van der Waals surface area contributed by atoms with Gasteiger partial charge in [-0.2, -0.15) is 0 Å². The first kappa shape index (κ1) is 24.1. The second-order valence-corrected chi connectivity index (χ2v) is 6.10. The van der Waals surface area contributed by atoms with Crippen molar-refractivity contribution in [2.75, 3.05) is 0 Å². The Balaban J connectivity index is 3.80. The molecule has 0 amide bonds. The highest BCUT2D eigenvalue weighted by Crippen LogP contribution is 2.04. The van der Waals surface area contributed by atoms with E-state index in [2.05, 4.69) is 31.2 Å². The van der Waals surface area contributed by atoms with Gasteiger partial charge in [-0.3, -0.25) is 4.79 Å². The zero-order chi connectivity index (χ0) is 19.5. The van der Waals surface area contributed by atoms with Crippen LogP contribution in [-0.4, -0.2) is 33.5 Å². The average molecular weight is 363 g/mol. The molecular weight excluding hydrogens is 328 g/mol. The number of carbonyl (C=O) groups is 1. The van der Waals surface area contributed by atoms with Crippen molar-refractivity contribution in [3.63, 3.8) is 0 Å². The SMILES string of the molecule is CCCCC/C=C\C/C=C\C\C=C/C=C/C=C/C(O)C(O)CCC(=O)O. The normalized spacial score (nSPS) is 15.2. The number of carboxylic acid groups (broad SMARTS) is 1. The summed E-state index contributed by atoms with van der Waals surface area (Å²) in [5, 5.41) is 27.7. The molecule has 0 rings (SSSR count). The molecule has 0 aromatic carbocycles. The number of hydrogen-bond donors (Lipinski definition) is 3. The maximum absolute atomic E-state index is 10.4. The summed E-state index contributed by atoms with van der Waals surface area (Å²) in [6.07, 6.45) is 24.0. The lowest BCUT2D eigenvalue weighted by atomic mass is 10.1. The van der Waals surface area contributed by atoms with Gasteiger partial charge in [0, 0.05) is 6.42 Å². The second kappa shape index (κ2) is 17.9. The summed E-state index contributed by atoms with van der Waals surface area (Å²) in [6, 6.07) is 0. The maximum Gasteiger partial charge on any atom is 0.303 e. The van der Waals surface area contributed by atoms with Gasteiger partial charge in [-0.1, -0.05) is 80.5 Å². The predicted octanol–water partition coefficient (Wildman–Crippen LogP) is 4.71. The summed E-state index contributed by atoms with van der Waals surface area (Å²) in [5.41, 5.74) is 0. The van der Waals surface area contributed by atoms with Crippen molar-refractivity contribution in [3.05, 3.63) is 60.8 Å². The van der Waals surface area contributed by atoms with Gasteiger partial charge in [0.2, 0.25) is 0 Å². The van der Waals surface area contributed by atoms with E-state index in [9.17, 15) is 15.0 Å². The fraction of sp³-hybridized carbons (Fsp3) is 0.500. The van der Waals surface area contributed by atoms with Crippen LogP contribution >= 0.6 is 0 Å². The van der Waals surface area contributed by atoms with E-state index in [1.165, 1.54) is 31.8 Å². The van der Waals surface area contributed by atoms with E-state index in [-0.39, 0.29) is 12.8 Å². The van der Waals surface area contributed by atoms with E-state index in [1.54, 1.807) is 12.2 Å². The molecule has 0 aromatic heterocycles. The number of aliphatic hydroxyl groups excluding tert-OH is 2. The Bertz CT molecular complexity index is 486. The Morgan fingerprint density at radius 1 is 0.885 bits per heavy atom. The molecule has 0 bridgehead atoms. The van der Waals surface area contributed by atoms with Crippen LogP contribution in [-0.2, 0) is 4.79 Å². The summed E-state index contributed by atoms with van der Waals surface area (Å²) in [6.45, 7) is 2.21. The van der Waals surface area contributed by atoms with Gasteiger partial charge in [0.15, 0.2) is 0 Å². The minimum atomic E-state index is -1.06. The Labute approximate surface area is 157 Å². The molecule has 2 atom stereocenters. The van der Waals surface area contributed by atoms with Crippen molar-refractivity contribution < 1.29 is 20.1 Å². The van der Waals surface area contributed by atoms with E-state index >= 15 is 0 Å². The highest BCUT2D eigenvalue weighted by molar-refractivity contribution is 5.66. The van der Waals surface area contributed by atoms with Crippen molar-refractivity contribution >= 4 is 5.97 Å². The minimum absolute atomic E-state index is 0.0325. The Morgan fingerprint density at radius 3 is 2.23 bits per heavy atom. The monoisotopic (exact) mass is 362 g/mol. The van der Waals surface area contributed by atoms with Crippen molar-refractivity contribution in [1.29, 1.82) is 0 Å². The molecule has 3 N–H and O–H groups in total. The molecule has 0 aliphatic rings. The van der Waals surface area contributed by atoms with Crippen LogP contribution in [0.4, 0.5) is 0 Å². The van der Waals surface area contributed by atoms with Gasteiger partial charge in [0.1, 0.15) is 0 Å². The van der Waals surface area contributed by atoms with Crippen LogP contribution in [0.3, 0.4) is 0 Å². The number of hydrogen-bond acceptors (Lipinski definition) is 3. The van der Waals surface area contributed by atoms with Crippen molar-refractivity contribution in [3.8, 4) is 0 Å².